The largest absolute Gasteiger partial charge is 0.476 e. The molecule has 0 saturated heterocycles. The molecule has 0 unspecified atom stereocenters. The Kier molecular flexibility index (Phi) is 4.04. The van der Waals surface area contributed by atoms with Gasteiger partial charge < -0.3 is 9.84 Å². The summed E-state index contributed by atoms with van der Waals surface area (Å²) >= 11 is 0.757. The lowest BCUT2D eigenvalue weighted by Gasteiger charge is -2.04. The molecule has 0 radical (unpaired) electrons. The normalized spacial score (nSPS) is 9.89. The molecule has 98 valence electrons. The van der Waals surface area contributed by atoms with Crippen LogP contribution in [0.2, 0.25) is 0 Å². The summed E-state index contributed by atoms with van der Waals surface area (Å²) in [5.74, 6) is -1.19. The molecule has 2 N–H and O–H groups in total. The predicted octanol–water partition coefficient (Wildman–Crippen LogP) is 1.98. The molecular weight excluding hydrogens is 270 g/mol. The molecule has 0 aliphatic carbocycles. The number of aromatic carboxylic acids is 1. The highest BCUT2D eigenvalue weighted by molar-refractivity contribution is 7.17. The molecule has 7 nitrogen and oxygen atoms in total. The van der Waals surface area contributed by atoms with Crippen molar-refractivity contribution >= 4 is 28.5 Å². The zero-order chi connectivity index (χ0) is 13.7. The van der Waals surface area contributed by atoms with Gasteiger partial charge in [0.25, 0.3) is 0 Å². The van der Waals surface area contributed by atoms with E-state index in [1.165, 1.54) is 0 Å². The van der Waals surface area contributed by atoms with Gasteiger partial charge in [0, 0.05) is 0 Å². The summed E-state index contributed by atoms with van der Waals surface area (Å²) in [5.41, 5.74) is 0.848. The number of carbonyl (C=O) groups is 2. The smallest absolute Gasteiger partial charge is 0.413 e. The molecule has 0 spiro atoms. The number of ether oxygens (including phenoxy) is 1. The van der Waals surface area contributed by atoms with Crippen LogP contribution in [0.25, 0.3) is 0 Å². The third kappa shape index (κ3) is 3.75. The Labute approximate surface area is 111 Å². The number of hydrogen-bond donors (Lipinski definition) is 2. The number of rotatable bonds is 4. The van der Waals surface area contributed by atoms with Crippen molar-refractivity contribution in [3.05, 3.63) is 40.9 Å². The third-order valence-corrected chi connectivity index (χ3v) is 2.86. The monoisotopic (exact) mass is 279 g/mol. The molecule has 2 aromatic rings. The van der Waals surface area contributed by atoms with Gasteiger partial charge in [-0.2, -0.15) is 0 Å². The number of benzene rings is 1. The van der Waals surface area contributed by atoms with E-state index >= 15 is 0 Å². The van der Waals surface area contributed by atoms with E-state index < -0.39 is 12.1 Å². The number of aromatic nitrogens is 2. The molecule has 1 heterocycles. The summed E-state index contributed by atoms with van der Waals surface area (Å²) in [5, 5.41) is 17.7. The van der Waals surface area contributed by atoms with Gasteiger partial charge in [-0.25, -0.2) is 9.59 Å². The molecule has 0 aliphatic rings. The molecule has 19 heavy (non-hydrogen) atoms. The van der Waals surface area contributed by atoms with Crippen molar-refractivity contribution in [2.24, 2.45) is 0 Å². The number of nitrogens with one attached hydrogen (secondary N) is 1. The lowest BCUT2D eigenvalue weighted by molar-refractivity contribution is 0.0695. The average molecular weight is 279 g/mol. The van der Waals surface area contributed by atoms with Gasteiger partial charge in [-0.05, 0) is 5.56 Å². The fraction of sp³-hybridized carbons (Fsp3) is 0.0909. The van der Waals surface area contributed by atoms with E-state index in [2.05, 4.69) is 15.5 Å². The lowest BCUT2D eigenvalue weighted by Crippen LogP contribution is -2.13. The Morgan fingerprint density at radius 3 is 2.63 bits per heavy atom. The molecule has 0 saturated carbocycles. The summed E-state index contributed by atoms with van der Waals surface area (Å²) in [7, 11) is 0. The van der Waals surface area contributed by atoms with Crippen LogP contribution in [0.5, 0.6) is 0 Å². The zero-order valence-corrected chi connectivity index (χ0v) is 10.4. The van der Waals surface area contributed by atoms with Crippen molar-refractivity contribution in [1.29, 1.82) is 0 Å². The summed E-state index contributed by atoms with van der Waals surface area (Å²) in [6.07, 6.45) is -0.711. The van der Waals surface area contributed by atoms with Crippen LogP contribution in [0.4, 0.5) is 9.93 Å². The van der Waals surface area contributed by atoms with Crippen LogP contribution in [-0.4, -0.2) is 27.4 Å². The van der Waals surface area contributed by atoms with Crippen LogP contribution in [-0.2, 0) is 11.3 Å². The molecule has 8 heteroatoms. The predicted molar refractivity (Wildman–Crippen MR) is 67.1 cm³/mol. The second kappa shape index (κ2) is 5.91. The first-order chi connectivity index (χ1) is 9.15. The van der Waals surface area contributed by atoms with Gasteiger partial charge in [-0.1, -0.05) is 41.7 Å². The van der Waals surface area contributed by atoms with Gasteiger partial charge >= 0.3 is 12.1 Å². The minimum Gasteiger partial charge on any atom is -0.476 e. The van der Waals surface area contributed by atoms with Gasteiger partial charge in [0.15, 0.2) is 0 Å². The van der Waals surface area contributed by atoms with E-state index in [4.69, 9.17) is 9.84 Å². The molecule has 0 bridgehead atoms. The minimum atomic E-state index is -1.19. The highest BCUT2D eigenvalue weighted by Gasteiger charge is 2.13. The Hall–Kier alpha value is -2.48. The molecule has 1 aromatic heterocycles. The fourth-order valence-corrected chi connectivity index (χ4v) is 1.77. The maximum absolute atomic E-state index is 11.4. The maximum atomic E-state index is 11.4. The van der Waals surface area contributed by atoms with E-state index in [1.807, 2.05) is 30.3 Å². The number of carboxylic acid groups (broad SMARTS) is 1. The van der Waals surface area contributed by atoms with Crippen molar-refractivity contribution < 1.29 is 19.4 Å². The summed E-state index contributed by atoms with van der Waals surface area (Å²) in [6, 6.07) is 9.17. The van der Waals surface area contributed by atoms with Crippen LogP contribution in [0.1, 0.15) is 15.4 Å². The summed E-state index contributed by atoms with van der Waals surface area (Å²) in [6.45, 7) is 0.122. The molecule has 1 aromatic carbocycles. The maximum Gasteiger partial charge on any atom is 0.413 e. The SMILES string of the molecule is O=C(Nc1nnc(C(=O)O)s1)OCc1ccccc1. The Balaban J connectivity index is 1.85. The number of carbonyl (C=O) groups excluding carboxylic acids is 1. The first-order valence-corrected chi connectivity index (χ1v) is 6.01. The molecule has 0 fully saturated rings. The molecule has 2 rings (SSSR count). The highest BCUT2D eigenvalue weighted by atomic mass is 32.1. The standard InChI is InChI=1S/C11H9N3O4S/c15-9(16)8-13-14-10(19-8)12-11(17)18-6-7-4-2-1-3-5-7/h1-5H,6H2,(H,15,16)(H,12,14,17). The van der Waals surface area contributed by atoms with Crippen LogP contribution >= 0.6 is 11.3 Å². The topological polar surface area (TPSA) is 101 Å². The first-order valence-electron chi connectivity index (χ1n) is 5.19. The first kappa shape index (κ1) is 13.0. The number of carboxylic acids is 1. The molecule has 0 aliphatic heterocycles. The summed E-state index contributed by atoms with van der Waals surface area (Å²) in [4.78, 5) is 22.0. The average Bonchev–Trinajstić information content (AvgIpc) is 2.86. The van der Waals surface area contributed by atoms with Crippen molar-refractivity contribution in [1.82, 2.24) is 10.2 Å². The van der Waals surface area contributed by atoms with Gasteiger partial charge in [-0.3, -0.25) is 5.32 Å². The molecular formula is C11H9N3O4S. The summed E-state index contributed by atoms with van der Waals surface area (Å²) < 4.78 is 4.94. The Bertz CT molecular complexity index is 585. The van der Waals surface area contributed by atoms with Crippen molar-refractivity contribution in [3.63, 3.8) is 0 Å². The van der Waals surface area contributed by atoms with Crippen LogP contribution in [0, 0.1) is 0 Å². The Morgan fingerprint density at radius 2 is 2.00 bits per heavy atom. The molecule has 0 atom stereocenters. The van der Waals surface area contributed by atoms with E-state index in [9.17, 15) is 9.59 Å². The Morgan fingerprint density at radius 1 is 1.26 bits per heavy atom. The van der Waals surface area contributed by atoms with E-state index in [-0.39, 0.29) is 16.7 Å². The van der Waals surface area contributed by atoms with Gasteiger partial charge in [-0.15, -0.1) is 10.2 Å². The van der Waals surface area contributed by atoms with E-state index in [0.29, 0.717) is 0 Å². The van der Waals surface area contributed by atoms with Crippen LogP contribution < -0.4 is 5.32 Å². The second-order valence-electron chi connectivity index (χ2n) is 3.40. The number of nitrogens with zero attached hydrogens (tertiary/aromatic N) is 2. The fourth-order valence-electron chi connectivity index (χ4n) is 1.21. The number of anilines is 1. The van der Waals surface area contributed by atoms with Gasteiger partial charge in [0.05, 0.1) is 0 Å². The van der Waals surface area contributed by atoms with Crippen molar-refractivity contribution in [3.8, 4) is 0 Å². The van der Waals surface area contributed by atoms with E-state index in [1.54, 1.807) is 0 Å². The minimum absolute atomic E-state index is 0.0791. The van der Waals surface area contributed by atoms with Crippen LogP contribution in [0.15, 0.2) is 30.3 Å². The number of hydrogen-bond acceptors (Lipinski definition) is 6. The van der Waals surface area contributed by atoms with Gasteiger partial charge in [0.1, 0.15) is 6.61 Å². The second-order valence-corrected chi connectivity index (χ2v) is 4.38. The highest BCUT2D eigenvalue weighted by Crippen LogP contribution is 2.15. The quantitative estimate of drug-likeness (QED) is 0.887. The van der Waals surface area contributed by atoms with Crippen LogP contribution in [0.3, 0.4) is 0 Å². The third-order valence-electron chi connectivity index (χ3n) is 2.03. The van der Waals surface area contributed by atoms with Crippen molar-refractivity contribution in [2.75, 3.05) is 5.32 Å². The van der Waals surface area contributed by atoms with Crippen molar-refractivity contribution in [2.45, 2.75) is 6.61 Å². The number of amides is 1. The lowest BCUT2D eigenvalue weighted by atomic mass is 10.2. The molecule has 1 amide bonds. The zero-order valence-electron chi connectivity index (χ0n) is 9.57. The van der Waals surface area contributed by atoms with E-state index in [0.717, 1.165) is 16.9 Å². The van der Waals surface area contributed by atoms with Gasteiger partial charge in [0.2, 0.25) is 10.1 Å².